The Kier molecular flexibility index (Phi) is 39.8. The van der Waals surface area contributed by atoms with Gasteiger partial charge in [-0.25, -0.2) is 0 Å². The second kappa shape index (κ2) is 51.0. The monoisotopic (exact) mass is 1890 g/mol. The zero-order valence-corrected chi connectivity index (χ0v) is 75.0. The van der Waals surface area contributed by atoms with E-state index >= 15 is 19.2 Å². The number of nitrogens with one attached hydrogen (secondary N) is 20. The Morgan fingerprint density at radius 2 is 0.748 bits per heavy atom. The number of aromatic amines is 2. The predicted molar refractivity (Wildman–Crippen MR) is 491 cm³/mol. The average molecular weight is 1890 g/mol. The number of aromatic nitrogens is 2. The number of hydrogen-bond donors (Lipinski definition) is 30. The van der Waals surface area contributed by atoms with Crippen LogP contribution in [-0.4, -0.2) is 276 Å². The van der Waals surface area contributed by atoms with E-state index in [1.807, 2.05) is 0 Å². The molecule has 0 bridgehead atoms. The maximum atomic E-state index is 15.4. The number of aromatic hydroxyl groups is 3. The molecule has 0 saturated carbocycles. The second-order valence-electron chi connectivity index (χ2n) is 32.6. The Bertz CT molecular complexity index is 5390. The van der Waals surface area contributed by atoms with E-state index in [1.54, 1.807) is 60.9 Å². The Labute approximate surface area is 777 Å². The van der Waals surface area contributed by atoms with Crippen molar-refractivity contribution < 1.29 is 107 Å². The summed E-state index contributed by atoms with van der Waals surface area (Å²) in [6, 6.07) is 6.53. The lowest BCUT2D eigenvalue weighted by atomic mass is 9.99. The highest BCUT2D eigenvalue weighted by Crippen LogP contribution is 2.24. The molecule has 2 aromatic heterocycles. The highest BCUT2D eigenvalue weighted by atomic mass is 32.2. The number of hydrogen-bond acceptors (Lipinski definition) is 25. The minimum atomic E-state index is -2.09. The van der Waals surface area contributed by atoms with Crippen LogP contribution in [0.2, 0.25) is 0 Å². The molecule has 0 radical (unpaired) electrons. The van der Waals surface area contributed by atoms with E-state index in [2.05, 4.69) is 95.0 Å². The summed E-state index contributed by atoms with van der Waals surface area (Å²) < 4.78 is 0. The molecule has 8 rings (SSSR count). The molecule has 47 heteroatoms. The van der Waals surface area contributed by atoms with E-state index in [4.69, 9.17) is 33.8 Å². The average Bonchev–Trinajstić information content (AvgIpc) is 1.67. The second-order valence-corrected chi connectivity index (χ2v) is 33.6. The number of para-hydroxylation sites is 2. The topological polar surface area (TPSA) is 770 Å². The molecule has 0 unspecified atom stereocenters. The minimum absolute atomic E-state index is 0.0259. The van der Waals surface area contributed by atoms with Crippen molar-refractivity contribution in [3.63, 3.8) is 0 Å². The molecule has 15 atom stereocenters. The highest BCUT2D eigenvalue weighted by Gasteiger charge is 2.40. The predicted octanol–water partition coefficient (Wildman–Crippen LogP) is -6.26. The van der Waals surface area contributed by atoms with Crippen molar-refractivity contribution in [2.45, 2.75) is 183 Å². The van der Waals surface area contributed by atoms with E-state index in [1.165, 1.54) is 86.6 Å². The Morgan fingerprint density at radius 1 is 0.407 bits per heavy atom. The third-order valence-corrected chi connectivity index (χ3v) is 22.6. The van der Waals surface area contributed by atoms with Crippen LogP contribution in [0.1, 0.15) is 87.6 Å². The normalized spacial score (nSPS) is 22.9. The summed E-state index contributed by atoms with van der Waals surface area (Å²) in [7, 11) is 0. The molecular formula is C88H116N24O22S. The van der Waals surface area contributed by atoms with Gasteiger partial charge in [0.15, 0.2) is 11.9 Å². The number of benzene rings is 5. The third-order valence-electron chi connectivity index (χ3n) is 21.6. The smallest absolute Gasteiger partial charge is 0.245 e. The Balaban J connectivity index is 1.18. The van der Waals surface area contributed by atoms with Crippen molar-refractivity contribution in [1.82, 2.24) is 95.0 Å². The lowest BCUT2D eigenvalue weighted by Gasteiger charge is -2.29. The number of H-pyrrole nitrogens is 2. The zero-order chi connectivity index (χ0) is 98.9. The molecule has 34 N–H and O–H groups in total. The van der Waals surface area contributed by atoms with Gasteiger partial charge in [-0.05, 0) is 122 Å². The number of aliphatic hydroxyl groups excluding tert-OH is 3. The first-order valence-electron chi connectivity index (χ1n) is 43.1. The molecule has 5 aromatic carbocycles. The first-order valence-corrected chi connectivity index (χ1v) is 44.2. The number of aliphatic hydroxyl groups is 3. The van der Waals surface area contributed by atoms with Crippen LogP contribution >= 0.6 is 11.8 Å². The fourth-order valence-electron chi connectivity index (χ4n) is 14.4. The fourth-order valence-corrected chi connectivity index (χ4v) is 15.3. The summed E-state index contributed by atoms with van der Waals surface area (Å²) in [5.41, 5.74) is 25.6. The van der Waals surface area contributed by atoms with Crippen LogP contribution in [0.3, 0.4) is 0 Å². The van der Waals surface area contributed by atoms with Crippen molar-refractivity contribution >= 4 is 140 Å². The molecule has 1 saturated heterocycles. The summed E-state index contributed by atoms with van der Waals surface area (Å²) in [4.78, 5) is 238. The largest absolute Gasteiger partial charge is 0.508 e. The van der Waals surface area contributed by atoms with Crippen molar-refractivity contribution in [1.29, 1.82) is 10.8 Å². The number of nitrogens with two attached hydrogens (primary N) is 4. The van der Waals surface area contributed by atoms with Gasteiger partial charge in [-0.3, -0.25) is 87.5 Å². The van der Waals surface area contributed by atoms with Gasteiger partial charge in [0.1, 0.15) is 95.8 Å². The van der Waals surface area contributed by atoms with Crippen LogP contribution in [-0.2, 0) is 109 Å². The number of guanidine groups is 2. The van der Waals surface area contributed by atoms with Crippen LogP contribution in [0.25, 0.3) is 21.8 Å². The summed E-state index contributed by atoms with van der Waals surface area (Å²) in [6.45, 7) is 2.77. The minimum Gasteiger partial charge on any atom is -0.508 e. The molecule has 7 aromatic rings. The molecular weight excluding hydrogens is 1780 g/mol. The number of primary amides is 2. The SMILES string of the molecule is CC(C)[C@@H]1NC(=O)[C@@H](Cc2ccc(O)cc2)NC(=O)CSC[C@@H](C(N)=O)NC(=O)[C@H]([C@@H](C)O)NC(=O)[C@H](Cc2ccc(O)cc2)NC(=O)[C@H](Cc2c[nH]c3ccccc23)NC(=O)[C@H](CCCNC(=N)N)NC(=O)[C@H](Cc2c[nH]c3ccccc23)NC(=O)CNC(=O)[C@H](CO)NC(=O)[C@H](CCCNC(=N)N)NC(=O)[C@H]([C@@H](C)O)NC(=O)[C@H](CC(N)=O)NC(=O)[C@H](Cc2ccc(O)cc2)NC1=O. The van der Waals surface area contributed by atoms with Gasteiger partial charge in [-0.15, -0.1) is 11.8 Å². The standard InChI is InChI=1S/C88H116N24O22S/c1-43(2)71-84(132)107-61(32-47-19-25-52(117)26-20-47)78(126)106-65(36-68(89)119)83(131)112-72(44(3)114)85(133)103-59(16-10-30-96-88(93)94)77(125)108-66(40-113)75(123)99-39-69(120)100-63(34-49-37-97-56-13-7-5-11-54(49)56)79(127)102-58(15-9-29-95-87(91)92)76(124)105-64(35-50-38-98-57-14-8-6-12-55(50)57)80(128)104-62(33-48-21-27-53(118)28-22-48)82(130)111-73(45(4)115)86(134)109-67(74(90)122)41-135-42-70(121)101-60(81(129)110-71)31-46-17-23-51(116)24-18-46/h5-8,11-14,17-28,37-38,43-45,58-67,71-73,97-98,113-118H,9-10,15-16,29-36,39-42H2,1-4H3,(H2,89,119)(H2,90,122)(H,99,123)(H,100,120)(H,101,121)(H,102,127)(H,103,133)(H,104,128)(H,105,124)(H,106,126)(H,107,132)(H,108,125)(H,109,134)(H,110,129)(H,111,130)(H,112,131)(H4,91,92,95)(H4,93,94,96)/t44-,45-,58+,59+,60-,61+,62+,63+,64+,65+,66+,67+,71+,72+,73+/m1/s1. The summed E-state index contributed by atoms with van der Waals surface area (Å²) >= 11 is 0.704. The number of rotatable bonds is 25. The molecule has 135 heavy (non-hydrogen) atoms. The Morgan fingerprint density at radius 3 is 1.16 bits per heavy atom. The molecule has 0 aliphatic carbocycles. The van der Waals surface area contributed by atoms with Gasteiger partial charge >= 0.3 is 0 Å². The number of amides is 16. The van der Waals surface area contributed by atoms with Gasteiger partial charge in [0, 0.05) is 85.1 Å². The fraction of sp³-hybridized carbons (Fsp3) is 0.409. The highest BCUT2D eigenvalue weighted by molar-refractivity contribution is 8.00. The van der Waals surface area contributed by atoms with E-state index in [-0.39, 0.29) is 80.8 Å². The van der Waals surface area contributed by atoms with Gasteiger partial charge in [0.2, 0.25) is 94.5 Å². The van der Waals surface area contributed by atoms with Gasteiger partial charge in [-0.1, -0.05) is 86.6 Å². The van der Waals surface area contributed by atoms with E-state index < -0.39 is 247 Å². The van der Waals surface area contributed by atoms with E-state index in [9.17, 15) is 88.2 Å². The first-order chi connectivity index (χ1) is 64.1. The number of carbonyl (C=O) groups is 16. The third kappa shape index (κ3) is 33.0. The lowest BCUT2D eigenvalue weighted by molar-refractivity contribution is -0.138. The van der Waals surface area contributed by atoms with Crippen molar-refractivity contribution in [2.75, 3.05) is 37.7 Å². The van der Waals surface area contributed by atoms with Gasteiger partial charge < -0.3 is 149 Å². The van der Waals surface area contributed by atoms with E-state index in [0.717, 1.165) is 13.8 Å². The number of phenolic OH excluding ortho intramolecular Hbond substituents is 3. The molecule has 46 nitrogen and oxygen atoms in total. The van der Waals surface area contributed by atoms with Crippen LogP contribution < -0.4 is 108 Å². The molecule has 16 amide bonds. The summed E-state index contributed by atoms with van der Waals surface area (Å²) in [5, 5.41) is 120. The van der Waals surface area contributed by atoms with Crippen molar-refractivity contribution in [3.05, 3.63) is 162 Å². The maximum absolute atomic E-state index is 15.4. The number of phenols is 3. The quantitative estimate of drug-likeness (QED) is 0.0144. The van der Waals surface area contributed by atoms with Crippen molar-refractivity contribution in [3.8, 4) is 17.2 Å². The van der Waals surface area contributed by atoms with Crippen LogP contribution in [0.15, 0.2) is 134 Å². The number of fused-ring (bicyclic) bond motifs is 2. The van der Waals surface area contributed by atoms with Crippen molar-refractivity contribution in [2.24, 2.45) is 28.9 Å². The first kappa shape index (κ1) is 105. The van der Waals surface area contributed by atoms with Crippen LogP contribution in [0.4, 0.5) is 0 Å². The van der Waals surface area contributed by atoms with Gasteiger partial charge in [0.25, 0.3) is 0 Å². The summed E-state index contributed by atoms with van der Waals surface area (Å²) in [6.07, 6.45) is -4.27. The van der Waals surface area contributed by atoms with Crippen LogP contribution in [0, 0.1) is 16.7 Å². The Hall–Kier alpha value is -15.1. The molecule has 1 aliphatic heterocycles. The van der Waals surface area contributed by atoms with Gasteiger partial charge in [0.05, 0.1) is 37.5 Å². The number of carbonyl (C=O) groups excluding carboxylic acids is 16. The molecule has 1 fully saturated rings. The lowest BCUT2D eigenvalue weighted by Crippen LogP contribution is -2.62. The molecule has 726 valence electrons. The summed E-state index contributed by atoms with van der Waals surface area (Å²) in [5.74, 6) is -21.8. The molecule has 1 aliphatic rings. The van der Waals surface area contributed by atoms with Gasteiger partial charge in [-0.2, -0.15) is 0 Å². The number of thioether (sulfide) groups is 1. The van der Waals surface area contributed by atoms with Crippen LogP contribution in [0.5, 0.6) is 17.2 Å². The van der Waals surface area contributed by atoms with E-state index in [0.29, 0.717) is 55.8 Å². The molecule has 3 heterocycles. The molecule has 0 spiro atoms. The zero-order valence-electron chi connectivity index (χ0n) is 74.2. The maximum Gasteiger partial charge on any atom is 0.245 e.